The van der Waals surface area contributed by atoms with Crippen molar-refractivity contribution < 1.29 is 17.9 Å². The lowest BCUT2D eigenvalue weighted by Gasteiger charge is -2.26. The topological polar surface area (TPSA) is 75.7 Å². The molecular weight excluding hydrogens is 352 g/mol. The standard InChI is InChI=1S/C19H22N2O4S/c1-14-7-8-15(2)17(13-14)20-19(22)16-5-3-4-6-18(16)26(23,24)21-9-11-25-12-10-21/h3-8,13H,9-12H2,1-2H3,(H,20,22). The Morgan fingerprint density at radius 1 is 1.08 bits per heavy atom. The molecule has 3 rings (SSSR count). The highest BCUT2D eigenvalue weighted by molar-refractivity contribution is 7.89. The van der Waals surface area contributed by atoms with Crippen LogP contribution in [0.2, 0.25) is 0 Å². The van der Waals surface area contributed by atoms with Crippen LogP contribution in [-0.4, -0.2) is 44.9 Å². The number of aryl methyl sites for hydroxylation is 2. The number of hydrogen-bond donors (Lipinski definition) is 1. The number of amides is 1. The van der Waals surface area contributed by atoms with E-state index in [1.165, 1.54) is 16.4 Å². The maximum atomic E-state index is 13.0. The number of ether oxygens (including phenoxy) is 1. The molecule has 0 radical (unpaired) electrons. The van der Waals surface area contributed by atoms with Crippen LogP contribution in [0.1, 0.15) is 21.5 Å². The van der Waals surface area contributed by atoms with Gasteiger partial charge in [0.25, 0.3) is 5.91 Å². The first kappa shape index (κ1) is 18.6. The van der Waals surface area contributed by atoms with Crippen LogP contribution in [0.5, 0.6) is 0 Å². The Balaban J connectivity index is 1.94. The maximum absolute atomic E-state index is 13.0. The summed E-state index contributed by atoms with van der Waals surface area (Å²) < 4.78 is 32.5. The molecule has 6 nitrogen and oxygen atoms in total. The van der Waals surface area contributed by atoms with Gasteiger partial charge in [-0.25, -0.2) is 8.42 Å². The van der Waals surface area contributed by atoms with E-state index in [4.69, 9.17) is 4.74 Å². The number of benzene rings is 2. The van der Waals surface area contributed by atoms with Gasteiger partial charge in [-0.2, -0.15) is 4.31 Å². The molecule has 1 N–H and O–H groups in total. The second kappa shape index (κ2) is 7.57. The number of hydrogen-bond acceptors (Lipinski definition) is 4. The van der Waals surface area contributed by atoms with Crippen LogP contribution in [0.4, 0.5) is 5.69 Å². The molecule has 1 fully saturated rings. The Hall–Kier alpha value is -2.22. The number of carbonyl (C=O) groups excluding carboxylic acids is 1. The minimum absolute atomic E-state index is 0.0182. The Morgan fingerprint density at radius 2 is 1.77 bits per heavy atom. The summed E-state index contributed by atoms with van der Waals surface area (Å²) in [5.41, 5.74) is 2.74. The summed E-state index contributed by atoms with van der Waals surface area (Å²) >= 11 is 0. The minimum Gasteiger partial charge on any atom is -0.379 e. The normalized spacial score (nSPS) is 15.6. The van der Waals surface area contributed by atoms with E-state index in [0.29, 0.717) is 18.9 Å². The predicted molar refractivity (Wildman–Crippen MR) is 99.9 cm³/mol. The van der Waals surface area contributed by atoms with Crippen LogP contribution in [0.15, 0.2) is 47.4 Å². The summed E-state index contributed by atoms with van der Waals surface area (Å²) in [6, 6.07) is 12.0. The van der Waals surface area contributed by atoms with Crippen molar-refractivity contribution >= 4 is 21.6 Å². The van der Waals surface area contributed by atoms with Gasteiger partial charge >= 0.3 is 0 Å². The fourth-order valence-corrected chi connectivity index (χ4v) is 4.46. The van der Waals surface area contributed by atoms with Gasteiger partial charge in [0.15, 0.2) is 0 Å². The van der Waals surface area contributed by atoms with Crippen LogP contribution >= 0.6 is 0 Å². The minimum atomic E-state index is -3.76. The van der Waals surface area contributed by atoms with Gasteiger partial charge in [0, 0.05) is 18.8 Å². The van der Waals surface area contributed by atoms with Crippen molar-refractivity contribution in [1.29, 1.82) is 0 Å². The number of morpholine rings is 1. The molecule has 0 atom stereocenters. The maximum Gasteiger partial charge on any atom is 0.257 e. The van der Waals surface area contributed by atoms with E-state index >= 15 is 0 Å². The molecule has 0 bridgehead atoms. The first-order valence-electron chi connectivity index (χ1n) is 8.45. The van der Waals surface area contributed by atoms with Crippen molar-refractivity contribution in [2.75, 3.05) is 31.6 Å². The van der Waals surface area contributed by atoms with E-state index in [1.54, 1.807) is 12.1 Å². The third-order valence-corrected chi connectivity index (χ3v) is 6.32. The second-order valence-corrected chi connectivity index (χ2v) is 8.19. The van der Waals surface area contributed by atoms with E-state index in [-0.39, 0.29) is 23.5 Å². The molecule has 1 amide bonds. The van der Waals surface area contributed by atoms with Gasteiger partial charge in [-0.3, -0.25) is 4.79 Å². The third kappa shape index (κ3) is 3.80. The zero-order valence-electron chi connectivity index (χ0n) is 14.9. The summed E-state index contributed by atoms with van der Waals surface area (Å²) in [6.07, 6.45) is 0. The van der Waals surface area contributed by atoms with Gasteiger partial charge in [-0.05, 0) is 43.2 Å². The summed E-state index contributed by atoms with van der Waals surface area (Å²) in [4.78, 5) is 12.8. The first-order valence-corrected chi connectivity index (χ1v) is 9.89. The number of sulfonamides is 1. The van der Waals surface area contributed by atoms with E-state index in [1.807, 2.05) is 32.0 Å². The van der Waals surface area contributed by atoms with Gasteiger partial charge in [0.1, 0.15) is 0 Å². The molecule has 1 aliphatic rings. The largest absolute Gasteiger partial charge is 0.379 e. The summed E-state index contributed by atoms with van der Waals surface area (Å²) in [5.74, 6) is -0.439. The number of anilines is 1. The molecule has 0 spiro atoms. The highest BCUT2D eigenvalue weighted by Gasteiger charge is 2.30. The Labute approximate surface area is 153 Å². The molecule has 1 heterocycles. The van der Waals surface area contributed by atoms with Gasteiger partial charge in [0.2, 0.25) is 10.0 Å². The van der Waals surface area contributed by atoms with Crippen LogP contribution in [-0.2, 0) is 14.8 Å². The number of nitrogens with one attached hydrogen (secondary N) is 1. The second-order valence-electron chi connectivity index (χ2n) is 6.29. The van der Waals surface area contributed by atoms with E-state index in [2.05, 4.69) is 5.32 Å². The monoisotopic (exact) mass is 374 g/mol. The fraction of sp³-hybridized carbons (Fsp3) is 0.316. The van der Waals surface area contributed by atoms with E-state index < -0.39 is 15.9 Å². The first-order chi connectivity index (χ1) is 12.4. The van der Waals surface area contributed by atoms with Crippen molar-refractivity contribution in [3.05, 3.63) is 59.2 Å². The Bertz CT molecular complexity index is 919. The molecule has 0 saturated carbocycles. The SMILES string of the molecule is Cc1ccc(C)c(NC(=O)c2ccccc2S(=O)(=O)N2CCOCC2)c1. The number of rotatable bonds is 4. The summed E-state index contributed by atoms with van der Waals surface area (Å²) in [6.45, 7) is 5.12. The van der Waals surface area contributed by atoms with Gasteiger partial charge in [-0.15, -0.1) is 0 Å². The van der Waals surface area contributed by atoms with E-state index in [0.717, 1.165) is 11.1 Å². The molecule has 0 unspecified atom stereocenters. The van der Waals surface area contributed by atoms with Crippen LogP contribution in [0, 0.1) is 13.8 Å². The van der Waals surface area contributed by atoms with Crippen molar-refractivity contribution in [3.8, 4) is 0 Å². The fourth-order valence-electron chi connectivity index (χ4n) is 2.87. The van der Waals surface area contributed by atoms with Crippen LogP contribution in [0.3, 0.4) is 0 Å². The van der Waals surface area contributed by atoms with Gasteiger partial charge in [-0.1, -0.05) is 24.3 Å². The Kier molecular flexibility index (Phi) is 5.41. The quantitative estimate of drug-likeness (QED) is 0.892. The molecule has 7 heteroatoms. The molecule has 2 aromatic rings. The predicted octanol–water partition coefficient (Wildman–Crippen LogP) is 2.58. The number of carbonyl (C=O) groups is 1. The molecule has 0 aromatic heterocycles. The van der Waals surface area contributed by atoms with Gasteiger partial charge < -0.3 is 10.1 Å². The number of nitrogens with zero attached hydrogens (tertiary/aromatic N) is 1. The molecular formula is C19H22N2O4S. The van der Waals surface area contributed by atoms with Crippen LogP contribution in [0.25, 0.3) is 0 Å². The zero-order valence-corrected chi connectivity index (χ0v) is 15.7. The lowest BCUT2D eigenvalue weighted by atomic mass is 10.1. The van der Waals surface area contributed by atoms with E-state index in [9.17, 15) is 13.2 Å². The molecule has 26 heavy (non-hydrogen) atoms. The molecule has 2 aromatic carbocycles. The zero-order chi connectivity index (χ0) is 18.7. The molecule has 1 saturated heterocycles. The highest BCUT2D eigenvalue weighted by atomic mass is 32.2. The third-order valence-electron chi connectivity index (χ3n) is 4.36. The average Bonchev–Trinajstić information content (AvgIpc) is 2.65. The Morgan fingerprint density at radius 3 is 2.50 bits per heavy atom. The lowest BCUT2D eigenvalue weighted by Crippen LogP contribution is -2.41. The van der Waals surface area contributed by atoms with Crippen molar-refractivity contribution in [1.82, 2.24) is 4.31 Å². The highest BCUT2D eigenvalue weighted by Crippen LogP contribution is 2.23. The molecule has 0 aliphatic carbocycles. The lowest BCUT2D eigenvalue weighted by molar-refractivity contribution is 0.0730. The average molecular weight is 374 g/mol. The molecule has 1 aliphatic heterocycles. The van der Waals surface area contributed by atoms with Crippen molar-refractivity contribution in [2.24, 2.45) is 0 Å². The van der Waals surface area contributed by atoms with Crippen molar-refractivity contribution in [3.63, 3.8) is 0 Å². The molecule has 138 valence electrons. The summed E-state index contributed by atoms with van der Waals surface area (Å²) in [5, 5.41) is 2.84. The smallest absolute Gasteiger partial charge is 0.257 e. The van der Waals surface area contributed by atoms with Crippen molar-refractivity contribution in [2.45, 2.75) is 18.7 Å². The van der Waals surface area contributed by atoms with Gasteiger partial charge in [0.05, 0.1) is 23.7 Å². The van der Waals surface area contributed by atoms with Crippen LogP contribution < -0.4 is 5.32 Å². The summed E-state index contributed by atoms with van der Waals surface area (Å²) in [7, 11) is -3.76.